The number of nitrogens with zero attached hydrogens (tertiary/aromatic N) is 2. The minimum Gasteiger partial charge on any atom is -0.465 e. The second-order valence-electron chi connectivity index (χ2n) is 16.3. The van der Waals surface area contributed by atoms with Crippen LogP contribution in [0.5, 0.6) is 0 Å². The number of hydrogen-bond acceptors (Lipinski definition) is 7. The molecule has 0 radical (unpaired) electrons. The van der Waals surface area contributed by atoms with Gasteiger partial charge in [0.1, 0.15) is 17.9 Å². The quantitative estimate of drug-likeness (QED) is 0.0488. The molecule has 1 saturated carbocycles. The Kier molecular flexibility index (Phi) is 16.7. The van der Waals surface area contributed by atoms with Crippen molar-refractivity contribution in [3.05, 3.63) is 84.2 Å². The topological polar surface area (TPSA) is 214 Å². The van der Waals surface area contributed by atoms with E-state index >= 15 is 0 Å². The second-order valence-corrected chi connectivity index (χ2v) is 16.3. The fourth-order valence-electron chi connectivity index (χ4n) is 8.20. The van der Waals surface area contributed by atoms with Crippen LogP contribution < -0.4 is 21.3 Å². The summed E-state index contributed by atoms with van der Waals surface area (Å²) >= 11 is 0. The molecule has 1 aliphatic rings. The number of aromatic amines is 2. The number of rotatable bonds is 22. The van der Waals surface area contributed by atoms with Gasteiger partial charge >= 0.3 is 6.09 Å². The zero-order chi connectivity index (χ0) is 41.4. The van der Waals surface area contributed by atoms with Crippen LogP contribution >= 0.6 is 0 Å². The van der Waals surface area contributed by atoms with Gasteiger partial charge < -0.3 is 41.4 Å². The number of H-pyrrole nitrogens is 2. The van der Waals surface area contributed by atoms with Gasteiger partial charge in [-0.15, -0.1) is 0 Å². The second kappa shape index (κ2) is 22.1. The fourth-order valence-corrected chi connectivity index (χ4v) is 8.20. The number of para-hydroxylation sites is 2. The summed E-state index contributed by atoms with van der Waals surface area (Å²) in [5, 5.41) is 32.9. The smallest absolute Gasteiger partial charge is 0.405 e. The number of amides is 4. The van der Waals surface area contributed by atoms with Gasteiger partial charge in [0.25, 0.3) is 0 Å². The molecule has 2 aromatic heterocycles. The van der Waals surface area contributed by atoms with E-state index in [2.05, 4.69) is 57.0 Å². The average molecular weight is 799 g/mol. The van der Waals surface area contributed by atoms with Crippen molar-refractivity contribution >= 4 is 34.8 Å². The molecule has 0 saturated heterocycles. The predicted octanol–water partition coefficient (Wildman–Crippen LogP) is 5.76. The molecule has 1 unspecified atom stereocenters. The lowest BCUT2D eigenvalue weighted by Gasteiger charge is -2.34. The van der Waals surface area contributed by atoms with Gasteiger partial charge in [-0.05, 0) is 61.1 Å². The third-order valence-electron chi connectivity index (χ3n) is 11.5. The van der Waals surface area contributed by atoms with Crippen molar-refractivity contribution in [2.24, 2.45) is 17.8 Å². The van der Waals surface area contributed by atoms with Crippen molar-refractivity contribution in [3.8, 4) is 0 Å². The van der Waals surface area contributed by atoms with Crippen molar-refractivity contribution in [1.82, 2.24) is 41.2 Å². The predicted molar refractivity (Wildman–Crippen MR) is 223 cm³/mol. The van der Waals surface area contributed by atoms with Crippen LogP contribution in [0.15, 0.2) is 67.1 Å². The van der Waals surface area contributed by atoms with Gasteiger partial charge in [-0.3, -0.25) is 14.4 Å². The lowest BCUT2D eigenvalue weighted by molar-refractivity contribution is -0.131. The van der Waals surface area contributed by atoms with E-state index in [0.717, 1.165) is 48.7 Å². The van der Waals surface area contributed by atoms with Crippen molar-refractivity contribution < 1.29 is 29.4 Å². The summed E-state index contributed by atoms with van der Waals surface area (Å²) in [6.07, 6.45) is 9.50. The van der Waals surface area contributed by atoms with Crippen LogP contribution in [0.3, 0.4) is 0 Å². The molecule has 8 N–H and O–H groups in total. The highest BCUT2D eigenvalue weighted by molar-refractivity contribution is 5.91. The highest BCUT2D eigenvalue weighted by Crippen LogP contribution is 2.30. The number of benzene rings is 2. The molecule has 314 valence electrons. The van der Waals surface area contributed by atoms with E-state index in [4.69, 9.17) is 4.98 Å². The van der Waals surface area contributed by atoms with E-state index < -0.39 is 48.1 Å². The Hall–Kier alpha value is -5.24. The first-order valence-corrected chi connectivity index (χ1v) is 21.0. The van der Waals surface area contributed by atoms with E-state index in [1.807, 2.05) is 42.5 Å². The number of aliphatic hydroxyl groups is 1. The number of carbonyl (C=O) groups is 4. The maximum Gasteiger partial charge on any atom is 0.405 e. The highest BCUT2D eigenvalue weighted by Gasteiger charge is 2.33. The molecule has 5 rings (SSSR count). The monoisotopic (exact) mass is 798 g/mol. The molecule has 14 nitrogen and oxygen atoms in total. The van der Waals surface area contributed by atoms with E-state index in [1.54, 1.807) is 18.3 Å². The number of carbonyl (C=O) groups excluding carboxylic acids is 3. The summed E-state index contributed by atoms with van der Waals surface area (Å²) < 4.78 is 0. The lowest BCUT2D eigenvalue weighted by Crippen LogP contribution is -2.57. The van der Waals surface area contributed by atoms with Gasteiger partial charge in [-0.2, -0.15) is 0 Å². The Bertz CT molecular complexity index is 1840. The Morgan fingerprint density at radius 1 is 0.862 bits per heavy atom. The molecular weight excluding hydrogens is 737 g/mol. The summed E-state index contributed by atoms with van der Waals surface area (Å²) in [6.45, 7) is 6.69. The lowest BCUT2D eigenvalue weighted by atomic mass is 9.80. The third kappa shape index (κ3) is 13.2. The van der Waals surface area contributed by atoms with Crippen LogP contribution in [0.1, 0.15) is 108 Å². The van der Waals surface area contributed by atoms with Gasteiger partial charge in [-0.25, -0.2) is 14.8 Å². The Balaban J connectivity index is 1.27. The number of carboxylic acid groups (broad SMARTS) is 1. The first-order valence-electron chi connectivity index (χ1n) is 21.0. The minimum absolute atomic E-state index is 0.0400. The highest BCUT2D eigenvalue weighted by atomic mass is 16.4. The van der Waals surface area contributed by atoms with Crippen molar-refractivity contribution in [2.45, 2.75) is 128 Å². The summed E-state index contributed by atoms with van der Waals surface area (Å²) in [5.74, 6) is -0.385. The molecule has 1 aliphatic carbocycles. The molecule has 2 aromatic carbocycles. The Morgan fingerprint density at radius 3 is 2.24 bits per heavy atom. The Morgan fingerprint density at radius 2 is 1.57 bits per heavy atom. The SMILES string of the molecule is CCC[C@H](C(=O)NCC[C@@H](C[C@H](O)[C@H](CC1CCCCC1)NC(=O)[C@H](Cc1cnc[nH]1)NC(=O)C(Cc1ccccc1)NC(=O)O)C(C)C)c1nc2ccccc2[nH]1. The number of imidazole rings is 2. The van der Waals surface area contributed by atoms with E-state index in [1.165, 1.54) is 12.7 Å². The van der Waals surface area contributed by atoms with Crippen LogP contribution in [0.4, 0.5) is 4.79 Å². The standard InChI is InChI=1S/C44H62N8O6/c1-4-13-33(40-48-34-18-11-12-19-35(34)49-40)41(54)46-21-20-31(28(2)3)24-39(53)36(22-29-14-7-5-8-15-29)50-43(56)38(25-32-26-45-27-47-32)51-42(55)37(52-44(57)58)23-30-16-9-6-10-17-30/h6,9-12,16-19,26-29,31,33,36-39,52-53H,4-5,7-8,13-15,20-25H2,1-3H3,(H,45,47)(H,46,54)(H,48,49)(H,50,56)(H,51,55)(H,57,58)/t31-,33-,36-,37?,38-,39-/m0/s1. The van der Waals surface area contributed by atoms with Crippen LogP contribution in [0, 0.1) is 17.8 Å². The van der Waals surface area contributed by atoms with Gasteiger partial charge in [-0.1, -0.05) is 102 Å². The summed E-state index contributed by atoms with van der Waals surface area (Å²) in [6, 6.07) is 14.0. The number of aliphatic hydroxyl groups excluding tert-OH is 1. The molecule has 4 aromatic rings. The molecule has 6 atom stereocenters. The van der Waals surface area contributed by atoms with Crippen LogP contribution in [-0.4, -0.2) is 84.7 Å². The maximum absolute atomic E-state index is 14.3. The fraction of sp³-hybridized carbons (Fsp3) is 0.545. The summed E-state index contributed by atoms with van der Waals surface area (Å²) in [4.78, 5) is 68.3. The molecule has 0 bridgehead atoms. The molecule has 58 heavy (non-hydrogen) atoms. The average Bonchev–Trinajstić information content (AvgIpc) is 3.89. The van der Waals surface area contributed by atoms with E-state index in [-0.39, 0.29) is 30.6 Å². The molecule has 4 amide bonds. The normalized spacial score (nSPS) is 16.5. The number of aromatic nitrogens is 4. The zero-order valence-electron chi connectivity index (χ0n) is 34.1. The van der Waals surface area contributed by atoms with Crippen LogP contribution in [0.2, 0.25) is 0 Å². The number of hydrogen-bond donors (Lipinski definition) is 8. The molecule has 0 spiro atoms. The molecule has 0 aliphatic heterocycles. The zero-order valence-corrected chi connectivity index (χ0v) is 34.1. The van der Waals surface area contributed by atoms with Crippen LogP contribution in [-0.2, 0) is 27.2 Å². The van der Waals surface area contributed by atoms with Crippen molar-refractivity contribution in [3.63, 3.8) is 0 Å². The van der Waals surface area contributed by atoms with Gasteiger partial charge in [0.2, 0.25) is 17.7 Å². The number of nitrogens with one attached hydrogen (secondary N) is 6. The number of fused-ring (bicyclic) bond motifs is 1. The third-order valence-corrected chi connectivity index (χ3v) is 11.5. The minimum atomic E-state index is -1.35. The summed E-state index contributed by atoms with van der Waals surface area (Å²) in [5.41, 5.74) is 3.09. The molecule has 1 fully saturated rings. The van der Waals surface area contributed by atoms with Gasteiger partial charge in [0.15, 0.2) is 0 Å². The molecule has 2 heterocycles. The first-order chi connectivity index (χ1) is 28.0. The molecule has 14 heteroatoms. The maximum atomic E-state index is 14.3. The van der Waals surface area contributed by atoms with E-state index in [9.17, 15) is 29.4 Å². The van der Waals surface area contributed by atoms with Crippen molar-refractivity contribution in [1.29, 1.82) is 0 Å². The first kappa shape index (κ1) is 43.9. The molecular formula is C44H62N8O6. The summed E-state index contributed by atoms with van der Waals surface area (Å²) in [7, 11) is 0. The van der Waals surface area contributed by atoms with Gasteiger partial charge in [0, 0.05) is 31.3 Å². The van der Waals surface area contributed by atoms with Crippen LogP contribution in [0.25, 0.3) is 11.0 Å². The van der Waals surface area contributed by atoms with E-state index in [0.29, 0.717) is 49.7 Å². The van der Waals surface area contributed by atoms with Crippen molar-refractivity contribution in [2.75, 3.05) is 6.54 Å². The largest absolute Gasteiger partial charge is 0.465 e. The van der Waals surface area contributed by atoms with Gasteiger partial charge in [0.05, 0.1) is 35.4 Å². The Labute approximate surface area is 341 Å².